The molecule has 4 unspecified atom stereocenters. The van der Waals surface area contributed by atoms with E-state index in [-0.39, 0.29) is 18.4 Å². The van der Waals surface area contributed by atoms with Gasteiger partial charge < -0.3 is 14.6 Å². The second-order valence-electron chi connectivity index (χ2n) is 10.9. The number of carbonyl (C=O) groups is 3. The third kappa shape index (κ3) is 4.25. The number of ether oxygens (including phenoxy) is 2. The number of aliphatic carboxylic acids is 1. The topological polar surface area (TPSA) is 105 Å². The predicted molar refractivity (Wildman–Crippen MR) is 141 cm³/mol. The Morgan fingerprint density at radius 2 is 1.74 bits per heavy atom. The van der Waals surface area contributed by atoms with Crippen molar-refractivity contribution in [1.29, 1.82) is 0 Å². The van der Waals surface area contributed by atoms with Crippen LogP contribution in [0.3, 0.4) is 0 Å². The Labute approximate surface area is 223 Å². The Hall–Kier alpha value is -3.39. The van der Waals surface area contributed by atoms with Crippen LogP contribution < -0.4 is 14.8 Å². The van der Waals surface area contributed by atoms with Gasteiger partial charge in [0, 0.05) is 17.2 Å². The number of hydrogen-bond acceptors (Lipinski definition) is 6. The van der Waals surface area contributed by atoms with Gasteiger partial charge in [-0.15, -0.1) is 0 Å². The molecule has 0 radical (unpaired) electrons. The third-order valence-corrected chi connectivity index (χ3v) is 8.79. The number of nitrogens with one attached hydrogen (secondary N) is 1. The maximum Gasteiger partial charge on any atom is 0.324 e. The van der Waals surface area contributed by atoms with Crippen molar-refractivity contribution < 1.29 is 29.0 Å². The van der Waals surface area contributed by atoms with Crippen LogP contribution in [0, 0.1) is 24.7 Å². The molecule has 2 aliphatic heterocycles. The maximum atomic E-state index is 14.0. The van der Waals surface area contributed by atoms with Crippen LogP contribution >= 0.6 is 0 Å². The van der Waals surface area contributed by atoms with Crippen molar-refractivity contribution >= 4 is 17.8 Å². The normalized spacial score (nSPS) is 27.4. The van der Waals surface area contributed by atoms with Crippen LogP contribution in [0.4, 0.5) is 0 Å². The number of benzene rings is 2. The lowest BCUT2D eigenvalue weighted by Crippen LogP contribution is -2.56. The highest BCUT2D eigenvalue weighted by Gasteiger charge is 2.68. The predicted octanol–water partition coefficient (Wildman–Crippen LogP) is 4.25. The Morgan fingerprint density at radius 3 is 2.37 bits per heavy atom. The standard InChI is InChI=1S/C30H36N2O6/c1-18-22(37-2)15-14-21(26(18)38-3)25-23-24(28(34)32(27(23)33)17-20-12-8-5-9-13-20)30(31-25,29(35)36)16-19-10-6-4-7-11-19/h5,8-9,12-15,19,23-25,31H,4,6-7,10-11,16-17H2,1-3H3,(H,35,36). The molecule has 5 rings (SSSR count). The van der Waals surface area contributed by atoms with Gasteiger partial charge >= 0.3 is 5.97 Å². The summed E-state index contributed by atoms with van der Waals surface area (Å²) in [5.74, 6) is -2.36. The molecule has 0 bridgehead atoms. The number of methoxy groups -OCH3 is 2. The highest BCUT2D eigenvalue weighted by Crippen LogP contribution is 2.54. The zero-order valence-corrected chi connectivity index (χ0v) is 22.2. The lowest BCUT2D eigenvalue weighted by molar-refractivity contribution is -0.152. The van der Waals surface area contributed by atoms with E-state index in [2.05, 4.69) is 5.32 Å². The van der Waals surface area contributed by atoms with Gasteiger partial charge in [0.1, 0.15) is 17.0 Å². The monoisotopic (exact) mass is 520 g/mol. The van der Waals surface area contributed by atoms with Gasteiger partial charge in [-0.1, -0.05) is 68.5 Å². The number of nitrogens with zero attached hydrogens (tertiary/aromatic N) is 1. The second-order valence-corrected chi connectivity index (χ2v) is 10.9. The molecule has 2 aromatic rings. The summed E-state index contributed by atoms with van der Waals surface area (Å²) in [5, 5.41) is 14.1. The van der Waals surface area contributed by atoms with Gasteiger partial charge in [-0.05, 0) is 30.9 Å². The molecule has 4 atom stereocenters. The molecule has 38 heavy (non-hydrogen) atoms. The van der Waals surface area contributed by atoms with Crippen molar-refractivity contribution in [2.24, 2.45) is 17.8 Å². The van der Waals surface area contributed by atoms with E-state index >= 15 is 0 Å². The van der Waals surface area contributed by atoms with Gasteiger partial charge in [-0.3, -0.25) is 24.6 Å². The molecule has 8 nitrogen and oxygen atoms in total. The van der Waals surface area contributed by atoms with Crippen molar-refractivity contribution in [2.75, 3.05) is 14.2 Å². The van der Waals surface area contributed by atoms with Gasteiger partial charge in [0.2, 0.25) is 11.8 Å². The van der Waals surface area contributed by atoms with Gasteiger partial charge in [-0.2, -0.15) is 0 Å². The summed E-state index contributed by atoms with van der Waals surface area (Å²) < 4.78 is 11.2. The second kappa shape index (κ2) is 10.4. The largest absolute Gasteiger partial charge is 0.496 e. The van der Waals surface area contributed by atoms with Crippen molar-refractivity contribution in [1.82, 2.24) is 10.2 Å². The zero-order chi connectivity index (χ0) is 27.0. The lowest BCUT2D eigenvalue weighted by atomic mass is 9.72. The van der Waals surface area contributed by atoms with Crippen LogP contribution in [0.2, 0.25) is 0 Å². The lowest BCUT2D eigenvalue weighted by Gasteiger charge is -2.35. The summed E-state index contributed by atoms with van der Waals surface area (Å²) in [5.41, 5.74) is 0.692. The molecule has 202 valence electrons. The summed E-state index contributed by atoms with van der Waals surface area (Å²) in [6.07, 6.45) is 5.42. The van der Waals surface area contributed by atoms with Gasteiger partial charge in [0.15, 0.2) is 0 Å². The minimum Gasteiger partial charge on any atom is -0.496 e. The minimum atomic E-state index is -1.55. The molecular formula is C30H36N2O6. The fraction of sp³-hybridized carbons (Fsp3) is 0.500. The first-order chi connectivity index (χ1) is 18.3. The van der Waals surface area contributed by atoms with Crippen molar-refractivity contribution in [3.05, 3.63) is 59.2 Å². The van der Waals surface area contributed by atoms with Crippen LogP contribution in [0.5, 0.6) is 11.5 Å². The quantitative estimate of drug-likeness (QED) is 0.501. The average molecular weight is 521 g/mol. The molecular weight excluding hydrogens is 484 g/mol. The fourth-order valence-electron chi connectivity index (χ4n) is 7.00. The fourth-order valence-corrected chi connectivity index (χ4v) is 7.00. The average Bonchev–Trinajstić information content (AvgIpc) is 3.39. The van der Waals surface area contributed by atoms with Crippen LogP contribution in [0.25, 0.3) is 0 Å². The van der Waals surface area contributed by atoms with E-state index in [4.69, 9.17) is 9.47 Å². The molecule has 2 aromatic carbocycles. The first-order valence-electron chi connectivity index (χ1n) is 13.4. The van der Waals surface area contributed by atoms with E-state index < -0.39 is 35.3 Å². The number of carbonyl (C=O) groups excluding carboxylic acids is 2. The molecule has 8 heteroatoms. The summed E-state index contributed by atoms with van der Waals surface area (Å²) in [4.78, 5) is 42.4. The first kappa shape index (κ1) is 26.2. The Morgan fingerprint density at radius 1 is 1.03 bits per heavy atom. The van der Waals surface area contributed by atoms with E-state index in [1.54, 1.807) is 20.3 Å². The SMILES string of the molecule is COc1ccc(C2NC(CC3CCCCC3)(C(=O)O)C3C(=O)N(Cc4ccccc4)C(=O)C23)c(OC)c1C. The molecule has 2 N–H and O–H groups in total. The number of rotatable bonds is 8. The molecule has 3 aliphatic rings. The number of likely N-dealkylation sites (tertiary alicyclic amines) is 1. The molecule has 3 fully saturated rings. The van der Waals surface area contributed by atoms with Crippen molar-refractivity contribution in [3.63, 3.8) is 0 Å². The molecule has 2 heterocycles. The maximum absolute atomic E-state index is 14.0. The number of fused-ring (bicyclic) bond motifs is 1. The number of hydrogen-bond donors (Lipinski definition) is 2. The van der Waals surface area contributed by atoms with E-state index in [1.165, 1.54) is 4.90 Å². The Kier molecular flexibility index (Phi) is 7.18. The highest BCUT2D eigenvalue weighted by atomic mass is 16.5. The van der Waals surface area contributed by atoms with Crippen LogP contribution in [-0.2, 0) is 20.9 Å². The molecule has 2 amide bonds. The number of amides is 2. The molecule has 0 spiro atoms. The third-order valence-electron chi connectivity index (χ3n) is 8.79. The summed E-state index contributed by atoms with van der Waals surface area (Å²) in [6.45, 7) is 1.99. The molecule has 2 saturated heterocycles. The summed E-state index contributed by atoms with van der Waals surface area (Å²) in [6, 6.07) is 12.3. The smallest absolute Gasteiger partial charge is 0.324 e. The number of carboxylic acid groups (broad SMARTS) is 1. The Bertz CT molecular complexity index is 1220. The van der Waals surface area contributed by atoms with Crippen molar-refractivity contribution in [2.45, 2.75) is 63.6 Å². The first-order valence-corrected chi connectivity index (χ1v) is 13.4. The van der Waals surface area contributed by atoms with Crippen LogP contribution in [-0.4, -0.2) is 47.5 Å². The number of imide groups is 1. The van der Waals surface area contributed by atoms with Crippen molar-refractivity contribution in [3.8, 4) is 11.5 Å². The highest BCUT2D eigenvalue weighted by molar-refractivity contribution is 6.09. The van der Waals surface area contributed by atoms with E-state index in [0.717, 1.165) is 43.2 Å². The molecule has 1 aliphatic carbocycles. The van der Waals surface area contributed by atoms with E-state index in [9.17, 15) is 19.5 Å². The van der Waals surface area contributed by atoms with Gasteiger partial charge in [0.25, 0.3) is 0 Å². The zero-order valence-electron chi connectivity index (χ0n) is 22.2. The van der Waals surface area contributed by atoms with E-state index in [1.807, 2.05) is 43.3 Å². The Balaban J connectivity index is 1.61. The summed E-state index contributed by atoms with van der Waals surface area (Å²) in [7, 11) is 3.12. The van der Waals surface area contributed by atoms with Crippen LogP contribution in [0.1, 0.15) is 61.3 Å². The summed E-state index contributed by atoms with van der Waals surface area (Å²) >= 11 is 0. The van der Waals surface area contributed by atoms with Gasteiger partial charge in [0.05, 0.1) is 32.6 Å². The van der Waals surface area contributed by atoms with E-state index in [0.29, 0.717) is 23.5 Å². The molecule has 1 saturated carbocycles. The van der Waals surface area contributed by atoms with Gasteiger partial charge in [-0.25, -0.2) is 0 Å². The number of carboxylic acids is 1. The molecule has 0 aromatic heterocycles. The van der Waals surface area contributed by atoms with Crippen LogP contribution in [0.15, 0.2) is 42.5 Å². The minimum absolute atomic E-state index is 0.121.